The first-order valence-corrected chi connectivity index (χ1v) is 7.56. The van der Waals surface area contributed by atoms with Gasteiger partial charge in [-0.3, -0.25) is 0 Å². The Morgan fingerprint density at radius 3 is 2.28 bits per heavy atom. The molecule has 0 bridgehead atoms. The molecular weight excluding hydrogens is 224 g/mol. The van der Waals surface area contributed by atoms with E-state index in [1.807, 2.05) is 0 Å². The summed E-state index contributed by atoms with van der Waals surface area (Å²) in [6.45, 7) is 5.89. The predicted octanol–water partition coefficient (Wildman–Crippen LogP) is 4.47. The Kier molecular flexibility index (Phi) is 12.9. The zero-order valence-corrected chi connectivity index (χ0v) is 12.4. The van der Waals surface area contributed by atoms with Crippen LogP contribution in [0.25, 0.3) is 0 Å². The first-order chi connectivity index (χ1) is 8.74. The van der Waals surface area contributed by atoms with Crippen molar-refractivity contribution in [3.63, 3.8) is 0 Å². The van der Waals surface area contributed by atoms with Gasteiger partial charge in [0.2, 0.25) is 0 Å². The lowest BCUT2D eigenvalue weighted by Crippen LogP contribution is -2.19. The summed E-state index contributed by atoms with van der Waals surface area (Å²) in [5.41, 5.74) is 0. The van der Waals surface area contributed by atoms with Crippen LogP contribution in [0.1, 0.15) is 71.1 Å². The van der Waals surface area contributed by atoms with Crippen molar-refractivity contribution in [2.45, 2.75) is 83.3 Å². The molecule has 0 radical (unpaired) electrons. The summed E-state index contributed by atoms with van der Waals surface area (Å²) in [7, 11) is 1.74. The van der Waals surface area contributed by atoms with Gasteiger partial charge < -0.3 is 9.84 Å². The molecule has 1 N–H and O–H groups in total. The lowest BCUT2D eigenvalue weighted by atomic mass is 10.0. The molecule has 0 rings (SSSR count). The largest absolute Gasteiger partial charge is 0.393 e. The van der Waals surface area contributed by atoms with Gasteiger partial charge in [0.25, 0.3) is 0 Å². The average Bonchev–Trinajstić information content (AvgIpc) is 2.36. The first kappa shape index (κ1) is 17.7. The molecule has 0 fully saturated rings. The Morgan fingerprint density at radius 1 is 1.11 bits per heavy atom. The van der Waals surface area contributed by atoms with Crippen LogP contribution in [0.5, 0.6) is 0 Å². The van der Waals surface area contributed by atoms with Crippen LogP contribution in [0.4, 0.5) is 0 Å². The number of hydrogen-bond acceptors (Lipinski definition) is 2. The molecule has 0 unspecified atom stereocenters. The van der Waals surface area contributed by atoms with Crippen LogP contribution in [0.2, 0.25) is 0 Å². The number of unbranched alkanes of at least 4 members (excludes halogenated alkanes) is 6. The highest BCUT2D eigenvalue weighted by molar-refractivity contribution is 4.75. The number of aliphatic hydroxyl groups is 1. The molecule has 0 saturated heterocycles. The fraction of sp³-hybridized carbons (Fsp3) is 0.875. The van der Waals surface area contributed by atoms with Gasteiger partial charge >= 0.3 is 0 Å². The smallest absolute Gasteiger partial charge is 0.0599 e. The molecule has 108 valence electrons. The van der Waals surface area contributed by atoms with Crippen LogP contribution < -0.4 is 0 Å². The van der Waals surface area contributed by atoms with E-state index in [1.54, 1.807) is 13.2 Å². The Balaban J connectivity index is 3.46. The van der Waals surface area contributed by atoms with E-state index in [9.17, 15) is 5.11 Å². The van der Waals surface area contributed by atoms with Crippen molar-refractivity contribution >= 4 is 0 Å². The lowest BCUT2D eigenvalue weighted by Gasteiger charge is -2.18. The zero-order chi connectivity index (χ0) is 13.6. The molecule has 0 amide bonds. The van der Waals surface area contributed by atoms with E-state index in [4.69, 9.17) is 4.74 Å². The molecule has 0 saturated carbocycles. The minimum absolute atomic E-state index is 0.204. The van der Waals surface area contributed by atoms with Crippen molar-refractivity contribution < 1.29 is 9.84 Å². The quantitative estimate of drug-likeness (QED) is 0.389. The van der Waals surface area contributed by atoms with E-state index < -0.39 is 0 Å². The molecule has 2 nitrogen and oxygen atoms in total. The highest BCUT2D eigenvalue weighted by Gasteiger charge is 2.12. The Labute approximate surface area is 113 Å². The van der Waals surface area contributed by atoms with Gasteiger partial charge in [0.05, 0.1) is 12.2 Å². The summed E-state index contributed by atoms with van der Waals surface area (Å²) in [6.07, 6.45) is 13.4. The SMILES string of the molecule is C=CC[C@@H](O)C[C@@H](CCCCCCCCC)OC. The van der Waals surface area contributed by atoms with Gasteiger partial charge in [-0.15, -0.1) is 6.58 Å². The van der Waals surface area contributed by atoms with Gasteiger partial charge in [-0.05, 0) is 19.3 Å². The molecule has 0 aromatic heterocycles. The second-order valence-electron chi connectivity index (χ2n) is 5.18. The molecule has 0 aliphatic carbocycles. The van der Waals surface area contributed by atoms with Crippen molar-refractivity contribution in [1.82, 2.24) is 0 Å². The fourth-order valence-electron chi connectivity index (χ4n) is 2.25. The molecule has 0 aromatic rings. The topological polar surface area (TPSA) is 29.5 Å². The summed E-state index contributed by atoms with van der Waals surface area (Å²) in [5, 5.41) is 9.70. The highest BCUT2D eigenvalue weighted by atomic mass is 16.5. The summed E-state index contributed by atoms with van der Waals surface area (Å²) in [6, 6.07) is 0. The normalized spacial score (nSPS) is 14.4. The number of methoxy groups -OCH3 is 1. The van der Waals surface area contributed by atoms with E-state index in [0.29, 0.717) is 6.42 Å². The van der Waals surface area contributed by atoms with Gasteiger partial charge in [-0.2, -0.15) is 0 Å². The Bertz CT molecular complexity index is 180. The van der Waals surface area contributed by atoms with Crippen LogP contribution >= 0.6 is 0 Å². The van der Waals surface area contributed by atoms with Crippen LogP contribution in [0, 0.1) is 0 Å². The second-order valence-corrected chi connectivity index (χ2v) is 5.18. The predicted molar refractivity (Wildman–Crippen MR) is 78.8 cm³/mol. The Hall–Kier alpha value is -0.340. The molecule has 2 heteroatoms. The molecule has 0 aliphatic heterocycles. The maximum absolute atomic E-state index is 9.70. The molecule has 18 heavy (non-hydrogen) atoms. The fourth-order valence-corrected chi connectivity index (χ4v) is 2.25. The van der Waals surface area contributed by atoms with Crippen LogP contribution in [-0.4, -0.2) is 24.4 Å². The third-order valence-corrected chi connectivity index (χ3v) is 3.44. The van der Waals surface area contributed by atoms with Gasteiger partial charge in [-0.1, -0.05) is 57.9 Å². The van der Waals surface area contributed by atoms with Crippen molar-refractivity contribution in [2.75, 3.05) is 7.11 Å². The standard InChI is InChI=1S/C16H32O2/c1-4-6-7-8-9-10-11-13-16(18-3)14-15(17)12-5-2/h5,15-17H,2,4,6-14H2,1,3H3/t15-,16-/m1/s1. The number of rotatable bonds is 13. The van der Waals surface area contributed by atoms with E-state index in [2.05, 4.69) is 13.5 Å². The van der Waals surface area contributed by atoms with Gasteiger partial charge in [0.15, 0.2) is 0 Å². The van der Waals surface area contributed by atoms with Crippen molar-refractivity contribution in [3.8, 4) is 0 Å². The average molecular weight is 256 g/mol. The summed E-state index contributed by atoms with van der Waals surface area (Å²) in [4.78, 5) is 0. The second kappa shape index (κ2) is 13.1. The molecule has 2 atom stereocenters. The van der Waals surface area contributed by atoms with Gasteiger partial charge in [-0.25, -0.2) is 0 Å². The van der Waals surface area contributed by atoms with Crippen LogP contribution in [-0.2, 0) is 4.74 Å². The summed E-state index contributed by atoms with van der Waals surface area (Å²) >= 11 is 0. The maximum atomic E-state index is 9.70. The van der Waals surface area contributed by atoms with E-state index in [1.165, 1.54) is 44.9 Å². The molecule has 0 spiro atoms. The lowest BCUT2D eigenvalue weighted by molar-refractivity contribution is 0.0398. The first-order valence-electron chi connectivity index (χ1n) is 7.56. The van der Waals surface area contributed by atoms with Crippen molar-refractivity contribution in [2.24, 2.45) is 0 Å². The van der Waals surface area contributed by atoms with Crippen LogP contribution in [0.3, 0.4) is 0 Å². The summed E-state index contributed by atoms with van der Waals surface area (Å²) in [5.74, 6) is 0. The molecule has 0 aromatic carbocycles. The summed E-state index contributed by atoms with van der Waals surface area (Å²) < 4.78 is 5.42. The van der Waals surface area contributed by atoms with E-state index in [0.717, 1.165) is 12.8 Å². The third-order valence-electron chi connectivity index (χ3n) is 3.44. The van der Waals surface area contributed by atoms with Gasteiger partial charge in [0, 0.05) is 7.11 Å². The zero-order valence-electron chi connectivity index (χ0n) is 12.4. The molecule has 0 aliphatic rings. The number of ether oxygens (including phenoxy) is 1. The molecule has 0 heterocycles. The van der Waals surface area contributed by atoms with Crippen LogP contribution in [0.15, 0.2) is 12.7 Å². The third kappa shape index (κ3) is 10.8. The van der Waals surface area contributed by atoms with Crippen molar-refractivity contribution in [3.05, 3.63) is 12.7 Å². The van der Waals surface area contributed by atoms with E-state index >= 15 is 0 Å². The minimum Gasteiger partial charge on any atom is -0.393 e. The van der Waals surface area contributed by atoms with Gasteiger partial charge in [0.1, 0.15) is 0 Å². The molecular formula is C16H32O2. The minimum atomic E-state index is -0.294. The Morgan fingerprint density at radius 2 is 1.72 bits per heavy atom. The highest BCUT2D eigenvalue weighted by Crippen LogP contribution is 2.15. The van der Waals surface area contributed by atoms with E-state index in [-0.39, 0.29) is 12.2 Å². The monoisotopic (exact) mass is 256 g/mol. The van der Waals surface area contributed by atoms with Crippen molar-refractivity contribution in [1.29, 1.82) is 0 Å². The number of aliphatic hydroxyl groups excluding tert-OH is 1. The number of hydrogen-bond donors (Lipinski definition) is 1. The maximum Gasteiger partial charge on any atom is 0.0599 e.